The van der Waals surface area contributed by atoms with Crippen LogP contribution in [0.5, 0.6) is 0 Å². The van der Waals surface area contributed by atoms with Crippen LogP contribution in [-0.4, -0.2) is 64.3 Å². The van der Waals surface area contributed by atoms with Crippen LogP contribution in [0.2, 0.25) is 0 Å². The number of nitrogens with zero attached hydrogens (tertiary/aromatic N) is 5. The number of aliphatic imine (C=N–C) groups is 1. The van der Waals surface area contributed by atoms with Gasteiger partial charge in [-0.1, -0.05) is 30.3 Å². The van der Waals surface area contributed by atoms with E-state index in [1.807, 2.05) is 10.9 Å². The maximum Gasteiger partial charge on any atom is 0.193 e. The van der Waals surface area contributed by atoms with E-state index < -0.39 is 0 Å². The average Bonchev–Trinajstić information content (AvgIpc) is 3.19. The number of hydrogen-bond acceptors (Lipinski definition) is 3. The molecule has 0 aliphatic carbocycles. The van der Waals surface area contributed by atoms with Crippen molar-refractivity contribution in [1.29, 1.82) is 0 Å². The van der Waals surface area contributed by atoms with E-state index >= 15 is 0 Å². The second kappa shape index (κ2) is 11.9. The monoisotopic (exact) mass is 536 g/mol. The second-order valence-electron chi connectivity index (χ2n) is 8.68. The van der Waals surface area contributed by atoms with Gasteiger partial charge in [0.25, 0.3) is 0 Å². The topological polar surface area (TPSA) is 48.7 Å². The highest BCUT2D eigenvalue weighted by molar-refractivity contribution is 14.0. The van der Waals surface area contributed by atoms with Gasteiger partial charge in [0.1, 0.15) is 0 Å². The highest BCUT2D eigenvalue weighted by atomic mass is 127. The summed E-state index contributed by atoms with van der Waals surface area (Å²) in [7, 11) is 0. The Bertz CT molecular complexity index is 820. The highest BCUT2D eigenvalue weighted by Crippen LogP contribution is 2.31. The molecule has 0 amide bonds. The molecule has 1 aromatic heterocycles. The third-order valence-corrected chi connectivity index (χ3v) is 6.40. The summed E-state index contributed by atoms with van der Waals surface area (Å²) < 4.78 is 1.98. The molecular formula is C24H37IN6. The summed E-state index contributed by atoms with van der Waals surface area (Å²) in [6, 6.07) is 11.6. The Kier molecular flexibility index (Phi) is 9.19. The van der Waals surface area contributed by atoms with Crippen molar-refractivity contribution in [2.45, 2.75) is 52.2 Å². The minimum atomic E-state index is 0. The van der Waals surface area contributed by atoms with Crippen molar-refractivity contribution in [3.8, 4) is 0 Å². The van der Waals surface area contributed by atoms with E-state index in [0.29, 0.717) is 6.04 Å². The normalized spacial score (nSPS) is 22.0. The molecule has 1 aromatic carbocycles. The van der Waals surface area contributed by atoms with Crippen LogP contribution in [0.4, 0.5) is 0 Å². The van der Waals surface area contributed by atoms with Crippen molar-refractivity contribution in [3.05, 3.63) is 53.9 Å². The highest BCUT2D eigenvalue weighted by Gasteiger charge is 2.36. The number of aryl methyl sites for hydroxylation is 1. The molecule has 2 aromatic rings. The van der Waals surface area contributed by atoms with Crippen LogP contribution in [0, 0.1) is 12.8 Å². The number of nitrogens with one attached hydrogen (secondary N) is 1. The largest absolute Gasteiger partial charge is 0.357 e. The number of likely N-dealkylation sites (tertiary alicyclic amines) is 2. The molecule has 2 fully saturated rings. The minimum absolute atomic E-state index is 0. The fourth-order valence-electron chi connectivity index (χ4n) is 4.99. The number of fused-ring (bicyclic) bond motifs is 1. The lowest BCUT2D eigenvalue weighted by molar-refractivity contribution is 0.0372. The van der Waals surface area contributed by atoms with Crippen LogP contribution in [0.1, 0.15) is 37.3 Å². The van der Waals surface area contributed by atoms with Gasteiger partial charge in [-0.05, 0) is 56.7 Å². The predicted molar refractivity (Wildman–Crippen MR) is 138 cm³/mol. The van der Waals surface area contributed by atoms with E-state index in [1.165, 1.54) is 36.9 Å². The molecule has 170 valence electrons. The van der Waals surface area contributed by atoms with Gasteiger partial charge in [-0.25, -0.2) is 0 Å². The summed E-state index contributed by atoms with van der Waals surface area (Å²) in [4.78, 5) is 10.1. The van der Waals surface area contributed by atoms with Gasteiger partial charge < -0.3 is 10.2 Å². The first-order valence-corrected chi connectivity index (χ1v) is 11.5. The van der Waals surface area contributed by atoms with Crippen LogP contribution in [0.15, 0.2) is 47.7 Å². The molecule has 6 nitrogen and oxygen atoms in total. The summed E-state index contributed by atoms with van der Waals surface area (Å²) in [6.07, 6.45) is 7.84. The molecule has 0 spiro atoms. The molecule has 2 atom stereocenters. The Labute approximate surface area is 204 Å². The summed E-state index contributed by atoms with van der Waals surface area (Å²) in [5.74, 6) is 1.80. The van der Waals surface area contributed by atoms with Crippen molar-refractivity contribution in [1.82, 2.24) is 24.9 Å². The first-order chi connectivity index (χ1) is 14.7. The zero-order valence-corrected chi connectivity index (χ0v) is 21.2. The number of benzene rings is 1. The van der Waals surface area contributed by atoms with E-state index in [0.717, 1.165) is 51.1 Å². The summed E-state index contributed by atoms with van der Waals surface area (Å²) in [5.41, 5.74) is 2.63. The molecule has 2 aliphatic heterocycles. The van der Waals surface area contributed by atoms with Gasteiger partial charge in [-0.3, -0.25) is 14.6 Å². The third-order valence-electron chi connectivity index (χ3n) is 6.40. The summed E-state index contributed by atoms with van der Waals surface area (Å²) >= 11 is 0. The summed E-state index contributed by atoms with van der Waals surface area (Å²) in [5, 5.41) is 7.90. The van der Waals surface area contributed by atoms with Crippen molar-refractivity contribution < 1.29 is 0 Å². The van der Waals surface area contributed by atoms with Crippen LogP contribution < -0.4 is 5.32 Å². The van der Waals surface area contributed by atoms with Gasteiger partial charge in [-0.15, -0.1) is 24.0 Å². The number of halogens is 1. The van der Waals surface area contributed by atoms with E-state index in [1.54, 1.807) is 0 Å². The zero-order chi connectivity index (χ0) is 20.8. The molecule has 0 bridgehead atoms. The molecule has 2 unspecified atom stereocenters. The lowest BCUT2D eigenvalue weighted by Gasteiger charge is -2.48. The molecule has 0 radical (unpaired) electrons. The van der Waals surface area contributed by atoms with Crippen LogP contribution in [-0.2, 0) is 13.1 Å². The molecule has 7 heteroatoms. The average molecular weight is 537 g/mol. The molecule has 2 saturated heterocycles. The van der Waals surface area contributed by atoms with Crippen molar-refractivity contribution in [3.63, 3.8) is 0 Å². The van der Waals surface area contributed by atoms with E-state index in [-0.39, 0.29) is 24.0 Å². The van der Waals surface area contributed by atoms with Crippen molar-refractivity contribution >= 4 is 29.9 Å². The molecular weight excluding hydrogens is 499 g/mol. The first-order valence-electron chi connectivity index (χ1n) is 11.5. The second-order valence-corrected chi connectivity index (χ2v) is 8.68. The molecule has 3 heterocycles. The molecule has 2 aliphatic rings. The van der Waals surface area contributed by atoms with Gasteiger partial charge in [0.2, 0.25) is 0 Å². The SMILES string of the molecule is CCNC(=NCCn1cc(C)cn1)N1CCC2C(CCCN2Cc2ccccc2)C1.I. The smallest absolute Gasteiger partial charge is 0.193 e. The van der Waals surface area contributed by atoms with E-state index in [2.05, 4.69) is 70.6 Å². The number of guanidine groups is 1. The Morgan fingerprint density at radius 3 is 2.77 bits per heavy atom. The van der Waals surface area contributed by atoms with Gasteiger partial charge in [-0.2, -0.15) is 5.10 Å². The van der Waals surface area contributed by atoms with E-state index in [4.69, 9.17) is 4.99 Å². The predicted octanol–water partition coefficient (Wildman–Crippen LogP) is 3.76. The van der Waals surface area contributed by atoms with Gasteiger partial charge >= 0.3 is 0 Å². The lowest BCUT2D eigenvalue weighted by atomic mass is 9.83. The molecule has 1 N–H and O–H groups in total. The molecule has 0 saturated carbocycles. The maximum absolute atomic E-state index is 4.92. The van der Waals surface area contributed by atoms with E-state index in [9.17, 15) is 0 Å². The number of hydrogen-bond donors (Lipinski definition) is 1. The number of rotatable bonds is 6. The lowest BCUT2D eigenvalue weighted by Crippen LogP contribution is -2.56. The van der Waals surface area contributed by atoms with Crippen LogP contribution >= 0.6 is 24.0 Å². The quantitative estimate of drug-likeness (QED) is 0.347. The first kappa shape index (κ1) is 24.0. The fraction of sp³-hybridized carbons (Fsp3) is 0.583. The Hall–Kier alpha value is -1.61. The molecule has 31 heavy (non-hydrogen) atoms. The zero-order valence-electron chi connectivity index (χ0n) is 18.9. The molecule has 4 rings (SSSR count). The number of aromatic nitrogens is 2. The van der Waals surface area contributed by atoms with Crippen LogP contribution in [0.25, 0.3) is 0 Å². The van der Waals surface area contributed by atoms with Crippen molar-refractivity contribution in [2.75, 3.05) is 32.7 Å². The van der Waals surface area contributed by atoms with Gasteiger partial charge in [0, 0.05) is 38.4 Å². The van der Waals surface area contributed by atoms with Crippen molar-refractivity contribution in [2.24, 2.45) is 10.9 Å². The Balaban J connectivity index is 0.00000272. The fourth-order valence-corrected chi connectivity index (χ4v) is 4.99. The van der Waals surface area contributed by atoms with Gasteiger partial charge in [0.05, 0.1) is 19.3 Å². The third kappa shape index (κ3) is 6.44. The maximum atomic E-state index is 4.92. The standard InChI is InChI=1S/C24H36N6.HI/c1-3-25-24(26-12-15-30-17-20(2)16-27-30)29-14-11-23-22(19-29)10-7-13-28(23)18-21-8-5-4-6-9-21;/h4-6,8-9,16-17,22-23H,3,7,10-15,18-19H2,1-2H3,(H,25,26);1H. The Morgan fingerprint density at radius 2 is 2.03 bits per heavy atom. The van der Waals surface area contributed by atoms with Gasteiger partial charge in [0.15, 0.2) is 5.96 Å². The number of piperidine rings is 2. The summed E-state index contributed by atoms with van der Waals surface area (Å²) in [6.45, 7) is 11.2. The van der Waals surface area contributed by atoms with Crippen LogP contribution in [0.3, 0.4) is 0 Å². The minimum Gasteiger partial charge on any atom is -0.357 e. The Morgan fingerprint density at radius 1 is 1.19 bits per heavy atom.